The topological polar surface area (TPSA) is 108 Å². The van der Waals surface area contributed by atoms with Crippen LogP contribution in [0.5, 0.6) is 0 Å². The van der Waals surface area contributed by atoms with E-state index >= 15 is 0 Å². The number of likely N-dealkylation sites (N-methyl/N-ethyl adjacent to an activating group) is 1. The number of phosphoric ester groups is 1. The molecule has 0 saturated heterocycles. The molecule has 8 nitrogen and oxygen atoms in total. The summed E-state index contributed by atoms with van der Waals surface area (Å²) in [4.78, 5) is 25.4. The lowest BCUT2D eigenvalue weighted by Gasteiger charge is -2.29. The van der Waals surface area contributed by atoms with Gasteiger partial charge in [-0.15, -0.1) is 0 Å². The maximum atomic E-state index is 12.9. The zero-order valence-corrected chi connectivity index (χ0v) is 44.7. The minimum atomic E-state index is -4.62. The van der Waals surface area contributed by atoms with E-state index in [1.54, 1.807) is 6.08 Å². The van der Waals surface area contributed by atoms with Gasteiger partial charge in [0.15, 0.2) is 0 Å². The van der Waals surface area contributed by atoms with Crippen LogP contribution in [0.4, 0.5) is 0 Å². The average molecular weight is 955 g/mol. The molecule has 0 fully saturated rings. The first-order valence-corrected chi connectivity index (χ1v) is 28.6. The lowest BCUT2D eigenvalue weighted by Crippen LogP contribution is -2.45. The molecule has 9 heteroatoms. The number of amides is 1. The van der Waals surface area contributed by atoms with Crippen molar-refractivity contribution in [2.75, 3.05) is 40.9 Å². The van der Waals surface area contributed by atoms with Crippen LogP contribution in [-0.4, -0.2) is 68.5 Å². The van der Waals surface area contributed by atoms with E-state index in [0.717, 1.165) is 77.0 Å². The van der Waals surface area contributed by atoms with Gasteiger partial charge in [0.25, 0.3) is 7.82 Å². The lowest BCUT2D eigenvalue weighted by atomic mass is 10.0. The van der Waals surface area contributed by atoms with Crippen LogP contribution in [0.2, 0.25) is 0 Å². The van der Waals surface area contributed by atoms with E-state index in [1.165, 1.54) is 109 Å². The molecular weight excluding hydrogens is 852 g/mol. The van der Waals surface area contributed by atoms with Crippen molar-refractivity contribution < 1.29 is 32.9 Å². The number of carbonyl (C=O) groups is 1. The van der Waals surface area contributed by atoms with Crippen molar-refractivity contribution >= 4 is 13.7 Å². The largest absolute Gasteiger partial charge is 0.756 e. The molecule has 3 unspecified atom stereocenters. The molecule has 0 heterocycles. The fraction of sp³-hybridized carbons (Fsp3) is 0.707. The Hall–Kier alpha value is -2.58. The number of hydrogen-bond donors (Lipinski definition) is 2. The van der Waals surface area contributed by atoms with Crippen molar-refractivity contribution in [1.82, 2.24) is 5.32 Å². The van der Waals surface area contributed by atoms with E-state index in [1.807, 2.05) is 27.2 Å². The number of allylic oxidation sites excluding steroid dienone is 15. The van der Waals surface area contributed by atoms with Crippen molar-refractivity contribution in [3.05, 3.63) is 97.2 Å². The first-order chi connectivity index (χ1) is 32.5. The Morgan fingerprint density at radius 2 is 0.925 bits per heavy atom. The summed E-state index contributed by atoms with van der Waals surface area (Å²) in [5.74, 6) is -0.246. The van der Waals surface area contributed by atoms with E-state index in [9.17, 15) is 19.4 Å². The Bertz CT molecular complexity index is 1410. The van der Waals surface area contributed by atoms with Gasteiger partial charge in [0.1, 0.15) is 13.2 Å². The second kappa shape index (κ2) is 48.4. The standard InChI is InChI=1S/C58H103N2O6P/c1-6-8-10-12-14-16-18-20-22-24-26-27-28-29-30-31-32-34-35-37-39-41-43-45-47-49-51-57(61)56(55-66-67(63,64)65-54-53-60(3,4)5)59-58(62)52-50-48-46-44-42-40-38-36-33-25-23-21-19-17-15-13-11-9-7-2/h9,11,15,17,21,23,33-36,40-43,49,51,56-57,61H,6-8,10,12-14,16,18-20,22,24-32,37-39,44-48,50,52-55H2,1-5H3,(H-,59,62,63,64)/b11-9-,17-15-,23-21-,35-34+,36-33-,42-40-,43-41+,51-49+. The lowest BCUT2D eigenvalue weighted by molar-refractivity contribution is -0.870. The number of aliphatic hydroxyl groups excluding tert-OH is 1. The SMILES string of the molecule is CC/C=C\C/C=C\C/C=C\C/C=C\C/C=C\CCCCCC(=O)NC(COP(=O)([O-])OCC[N+](C)(C)C)C(O)/C=C/CC/C=C/CC/C=C/CCCCCCCCCCCCCCCCCC. The molecule has 0 aromatic rings. The number of nitrogens with zero attached hydrogens (tertiary/aromatic N) is 1. The molecule has 0 aliphatic rings. The number of quaternary nitrogens is 1. The third kappa shape index (κ3) is 51.1. The normalized spacial score (nSPS) is 14.8. The van der Waals surface area contributed by atoms with Crippen molar-refractivity contribution in [3.8, 4) is 0 Å². The molecule has 0 saturated carbocycles. The summed E-state index contributed by atoms with van der Waals surface area (Å²) >= 11 is 0. The number of rotatable bonds is 48. The Labute approximate surface area is 413 Å². The van der Waals surface area contributed by atoms with E-state index < -0.39 is 26.6 Å². The predicted molar refractivity (Wildman–Crippen MR) is 288 cm³/mol. The molecule has 0 radical (unpaired) electrons. The molecule has 386 valence electrons. The minimum Gasteiger partial charge on any atom is -0.756 e. The fourth-order valence-electron chi connectivity index (χ4n) is 7.27. The zero-order valence-electron chi connectivity index (χ0n) is 43.8. The smallest absolute Gasteiger partial charge is 0.268 e. The number of phosphoric acid groups is 1. The van der Waals surface area contributed by atoms with Crippen LogP contribution < -0.4 is 10.2 Å². The van der Waals surface area contributed by atoms with Crippen LogP contribution in [-0.2, 0) is 18.4 Å². The highest BCUT2D eigenvalue weighted by molar-refractivity contribution is 7.45. The van der Waals surface area contributed by atoms with Crippen LogP contribution in [0.3, 0.4) is 0 Å². The highest BCUT2D eigenvalue weighted by atomic mass is 31.2. The molecule has 0 aromatic carbocycles. The van der Waals surface area contributed by atoms with E-state index in [0.29, 0.717) is 17.4 Å². The quantitative estimate of drug-likeness (QED) is 0.0272. The number of aliphatic hydroxyl groups is 1. The van der Waals surface area contributed by atoms with Gasteiger partial charge in [-0.3, -0.25) is 9.36 Å². The molecule has 2 N–H and O–H groups in total. The second-order valence-electron chi connectivity index (χ2n) is 19.2. The van der Waals surface area contributed by atoms with Gasteiger partial charge in [-0.25, -0.2) is 0 Å². The Morgan fingerprint density at radius 3 is 1.39 bits per heavy atom. The number of nitrogens with one attached hydrogen (secondary N) is 1. The van der Waals surface area contributed by atoms with Gasteiger partial charge >= 0.3 is 0 Å². The molecule has 0 rings (SSSR count). The van der Waals surface area contributed by atoms with Crippen LogP contribution in [0.25, 0.3) is 0 Å². The maximum Gasteiger partial charge on any atom is 0.268 e. The number of carbonyl (C=O) groups excluding carboxylic acids is 1. The highest BCUT2D eigenvalue weighted by Gasteiger charge is 2.23. The Morgan fingerprint density at radius 1 is 0.537 bits per heavy atom. The molecular formula is C58H103N2O6P. The molecule has 0 aromatic heterocycles. The summed E-state index contributed by atoms with van der Waals surface area (Å²) in [6.45, 7) is 4.47. The average Bonchev–Trinajstić information content (AvgIpc) is 3.29. The van der Waals surface area contributed by atoms with Gasteiger partial charge in [0, 0.05) is 6.42 Å². The van der Waals surface area contributed by atoms with Crippen LogP contribution in [0.1, 0.15) is 213 Å². The van der Waals surface area contributed by atoms with Gasteiger partial charge in [-0.05, 0) is 89.9 Å². The molecule has 0 spiro atoms. The second-order valence-corrected chi connectivity index (χ2v) is 20.6. The van der Waals surface area contributed by atoms with E-state index in [2.05, 4.69) is 104 Å². The van der Waals surface area contributed by atoms with E-state index in [-0.39, 0.29) is 18.9 Å². The minimum absolute atomic E-state index is 0.0211. The monoisotopic (exact) mass is 955 g/mol. The summed E-state index contributed by atoms with van der Waals surface area (Å²) in [5, 5.41) is 13.8. The van der Waals surface area contributed by atoms with Crippen LogP contribution in [0, 0.1) is 0 Å². The maximum absolute atomic E-state index is 12.9. The van der Waals surface area contributed by atoms with Crippen molar-refractivity contribution in [2.24, 2.45) is 0 Å². The first kappa shape index (κ1) is 64.4. The van der Waals surface area contributed by atoms with Crippen molar-refractivity contribution in [1.29, 1.82) is 0 Å². The van der Waals surface area contributed by atoms with Crippen molar-refractivity contribution in [2.45, 2.75) is 225 Å². The van der Waals surface area contributed by atoms with E-state index in [4.69, 9.17) is 9.05 Å². The number of unbranched alkanes of at least 4 members (excludes halogenated alkanes) is 21. The highest BCUT2D eigenvalue weighted by Crippen LogP contribution is 2.38. The number of hydrogen-bond acceptors (Lipinski definition) is 6. The third-order valence-electron chi connectivity index (χ3n) is 11.5. The molecule has 0 aliphatic heterocycles. The fourth-order valence-corrected chi connectivity index (χ4v) is 7.99. The predicted octanol–water partition coefficient (Wildman–Crippen LogP) is 15.6. The van der Waals surface area contributed by atoms with Gasteiger partial charge in [-0.1, -0.05) is 214 Å². The molecule has 67 heavy (non-hydrogen) atoms. The summed E-state index contributed by atoms with van der Waals surface area (Å²) < 4.78 is 23.3. The van der Waals surface area contributed by atoms with Crippen LogP contribution >= 0.6 is 7.82 Å². The third-order valence-corrected chi connectivity index (χ3v) is 12.5. The summed E-state index contributed by atoms with van der Waals surface area (Å²) in [6, 6.07) is -0.934. The first-order valence-electron chi connectivity index (χ1n) is 27.1. The molecule has 1 amide bonds. The van der Waals surface area contributed by atoms with Crippen molar-refractivity contribution in [3.63, 3.8) is 0 Å². The van der Waals surface area contributed by atoms with Gasteiger partial charge in [0.2, 0.25) is 5.91 Å². The summed E-state index contributed by atoms with van der Waals surface area (Å²) in [6.07, 6.45) is 69.2. The molecule has 3 atom stereocenters. The van der Waals surface area contributed by atoms with Gasteiger partial charge in [0.05, 0.1) is 39.9 Å². The van der Waals surface area contributed by atoms with Crippen LogP contribution in [0.15, 0.2) is 97.2 Å². The molecule has 0 bridgehead atoms. The summed E-state index contributed by atoms with van der Waals surface area (Å²) in [7, 11) is 1.20. The van der Waals surface area contributed by atoms with Gasteiger partial charge in [-0.2, -0.15) is 0 Å². The summed E-state index contributed by atoms with van der Waals surface area (Å²) in [5.41, 5.74) is 0. The Balaban J connectivity index is 4.41. The van der Waals surface area contributed by atoms with Gasteiger partial charge < -0.3 is 28.8 Å². The molecule has 0 aliphatic carbocycles. The zero-order chi connectivity index (χ0) is 49.2. The Kier molecular flexibility index (Phi) is 46.6.